The third-order valence-electron chi connectivity index (χ3n) is 3.37. The molecule has 0 atom stereocenters. The van der Waals surface area contributed by atoms with Crippen LogP contribution in [0.4, 0.5) is 0 Å². The highest BCUT2D eigenvalue weighted by Gasteiger charge is 2.24. The van der Waals surface area contributed by atoms with Gasteiger partial charge in [0.25, 0.3) is 0 Å². The molecule has 0 unspecified atom stereocenters. The summed E-state index contributed by atoms with van der Waals surface area (Å²) in [4.78, 5) is 11.9. The van der Waals surface area contributed by atoms with Gasteiger partial charge in [0.2, 0.25) is 5.91 Å². The zero-order valence-electron chi connectivity index (χ0n) is 11.7. The van der Waals surface area contributed by atoms with Crippen molar-refractivity contribution >= 4 is 5.91 Å². The van der Waals surface area contributed by atoms with Crippen molar-refractivity contribution in [2.24, 2.45) is 5.41 Å². The largest absolute Gasteiger partial charge is 0.496 e. The van der Waals surface area contributed by atoms with Crippen molar-refractivity contribution < 1.29 is 9.53 Å². The van der Waals surface area contributed by atoms with E-state index >= 15 is 0 Å². The second-order valence-corrected chi connectivity index (χ2v) is 5.06. The summed E-state index contributed by atoms with van der Waals surface area (Å²) in [6.45, 7) is 6.60. The molecule has 1 amide bonds. The molecule has 3 heteroatoms. The topological polar surface area (TPSA) is 38.3 Å². The van der Waals surface area contributed by atoms with Gasteiger partial charge in [0.15, 0.2) is 0 Å². The number of hydrogen-bond acceptors (Lipinski definition) is 2. The molecule has 100 valence electrons. The van der Waals surface area contributed by atoms with Gasteiger partial charge in [-0.15, -0.1) is 0 Å². The maximum Gasteiger partial charge on any atom is 0.225 e. The van der Waals surface area contributed by atoms with E-state index in [1.54, 1.807) is 7.11 Å². The fourth-order valence-corrected chi connectivity index (χ4v) is 1.62. The summed E-state index contributed by atoms with van der Waals surface area (Å²) >= 11 is 0. The lowest BCUT2D eigenvalue weighted by atomic mass is 9.89. The van der Waals surface area contributed by atoms with Gasteiger partial charge in [0.1, 0.15) is 5.75 Å². The van der Waals surface area contributed by atoms with Crippen LogP contribution in [-0.2, 0) is 11.2 Å². The molecule has 3 nitrogen and oxygen atoms in total. The first kappa shape index (κ1) is 14.6. The molecule has 0 spiro atoms. The van der Waals surface area contributed by atoms with E-state index in [0.717, 1.165) is 24.2 Å². The molecule has 1 aromatic carbocycles. The second-order valence-electron chi connectivity index (χ2n) is 5.06. The number of amides is 1. The van der Waals surface area contributed by atoms with Crippen LogP contribution in [0.5, 0.6) is 5.75 Å². The van der Waals surface area contributed by atoms with Crippen LogP contribution < -0.4 is 10.1 Å². The van der Waals surface area contributed by atoms with Crippen LogP contribution in [0.15, 0.2) is 24.3 Å². The van der Waals surface area contributed by atoms with E-state index in [4.69, 9.17) is 4.74 Å². The zero-order chi connectivity index (χ0) is 13.6. The van der Waals surface area contributed by atoms with Gasteiger partial charge < -0.3 is 10.1 Å². The van der Waals surface area contributed by atoms with Gasteiger partial charge in [-0.3, -0.25) is 4.79 Å². The Hall–Kier alpha value is -1.51. The average Bonchev–Trinajstić information content (AvgIpc) is 2.39. The molecule has 1 N–H and O–H groups in total. The van der Waals surface area contributed by atoms with Crippen molar-refractivity contribution in [1.82, 2.24) is 5.32 Å². The Bertz CT molecular complexity index is 399. The first-order valence-corrected chi connectivity index (χ1v) is 6.41. The van der Waals surface area contributed by atoms with E-state index in [1.807, 2.05) is 45.0 Å². The average molecular weight is 249 g/mol. The molecule has 0 aliphatic heterocycles. The Morgan fingerprint density at radius 1 is 1.33 bits per heavy atom. The second kappa shape index (κ2) is 6.43. The molecule has 0 aliphatic rings. The lowest BCUT2D eigenvalue weighted by Gasteiger charge is -2.21. The van der Waals surface area contributed by atoms with Crippen LogP contribution in [0.25, 0.3) is 0 Å². The molecule has 0 fully saturated rings. The number of methoxy groups -OCH3 is 1. The van der Waals surface area contributed by atoms with Gasteiger partial charge in [0.05, 0.1) is 7.11 Å². The standard InChI is InChI=1S/C15H23NO2/c1-5-15(2,3)14(17)16-11-10-12-8-6-7-9-13(12)18-4/h6-9H,5,10-11H2,1-4H3,(H,16,17). The van der Waals surface area contributed by atoms with Crippen molar-refractivity contribution in [1.29, 1.82) is 0 Å². The molecular formula is C15H23NO2. The number of nitrogens with one attached hydrogen (secondary N) is 1. The highest BCUT2D eigenvalue weighted by atomic mass is 16.5. The highest BCUT2D eigenvalue weighted by molar-refractivity contribution is 5.81. The summed E-state index contributed by atoms with van der Waals surface area (Å²) in [5, 5.41) is 2.98. The fourth-order valence-electron chi connectivity index (χ4n) is 1.62. The Balaban J connectivity index is 2.49. The van der Waals surface area contributed by atoms with Gasteiger partial charge in [-0.25, -0.2) is 0 Å². The molecule has 0 bridgehead atoms. The van der Waals surface area contributed by atoms with Crippen molar-refractivity contribution in [3.63, 3.8) is 0 Å². The van der Waals surface area contributed by atoms with E-state index in [9.17, 15) is 4.79 Å². The van der Waals surface area contributed by atoms with Crippen molar-refractivity contribution in [2.75, 3.05) is 13.7 Å². The Kier molecular flexibility index (Phi) is 5.20. The van der Waals surface area contributed by atoms with Crippen molar-refractivity contribution in [3.05, 3.63) is 29.8 Å². The normalized spacial score (nSPS) is 11.1. The first-order chi connectivity index (χ1) is 8.51. The van der Waals surface area contributed by atoms with E-state index in [1.165, 1.54) is 0 Å². The van der Waals surface area contributed by atoms with Crippen LogP contribution in [0.2, 0.25) is 0 Å². The lowest BCUT2D eigenvalue weighted by molar-refractivity contribution is -0.129. The molecular weight excluding hydrogens is 226 g/mol. The summed E-state index contributed by atoms with van der Waals surface area (Å²) < 4.78 is 5.28. The Morgan fingerprint density at radius 3 is 2.61 bits per heavy atom. The van der Waals surface area contributed by atoms with Gasteiger partial charge >= 0.3 is 0 Å². The lowest BCUT2D eigenvalue weighted by Crippen LogP contribution is -2.37. The minimum absolute atomic E-state index is 0.111. The summed E-state index contributed by atoms with van der Waals surface area (Å²) in [6.07, 6.45) is 1.63. The van der Waals surface area contributed by atoms with E-state index in [0.29, 0.717) is 6.54 Å². The molecule has 0 aliphatic carbocycles. The van der Waals surface area contributed by atoms with Crippen LogP contribution in [0.1, 0.15) is 32.8 Å². The molecule has 0 saturated carbocycles. The number of carbonyl (C=O) groups is 1. The predicted octanol–water partition coefficient (Wildman–Crippen LogP) is 2.79. The molecule has 0 heterocycles. The number of para-hydroxylation sites is 1. The smallest absolute Gasteiger partial charge is 0.225 e. The summed E-state index contributed by atoms with van der Waals surface area (Å²) in [7, 11) is 1.66. The third-order valence-corrected chi connectivity index (χ3v) is 3.37. The van der Waals surface area contributed by atoms with Crippen LogP contribution >= 0.6 is 0 Å². The van der Waals surface area contributed by atoms with Crippen molar-refractivity contribution in [2.45, 2.75) is 33.6 Å². The molecule has 1 rings (SSSR count). The number of carbonyl (C=O) groups excluding carboxylic acids is 1. The molecule has 0 saturated heterocycles. The number of rotatable bonds is 6. The maximum atomic E-state index is 11.9. The number of hydrogen-bond donors (Lipinski definition) is 1. The minimum Gasteiger partial charge on any atom is -0.496 e. The summed E-state index contributed by atoms with van der Waals surface area (Å²) in [5.74, 6) is 0.987. The zero-order valence-corrected chi connectivity index (χ0v) is 11.7. The molecule has 18 heavy (non-hydrogen) atoms. The molecule has 0 aromatic heterocycles. The number of benzene rings is 1. The van der Waals surface area contributed by atoms with Gasteiger partial charge in [-0.1, -0.05) is 39.0 Å². The molecule has 0 radical (unpaired) electrons. The predicted molar refractivity (Wildman–Crippen MR) is 73.8 cm³/mol. The fraction of sp³-hybridized carbons (Fsp3) is 0.533. The van der Waals surface area contributed by atoms with Gasteiger partial charge in [-0.05, 0) is 24.5 Å². The minimum atomic E-state index is -0.291. The number of ether oxygens (including phenoxy) is 1. The van der Waals surface area contributed by atoms with Gasteiger partial charge in [-0.2, -0.15) is 0 Å². The third kappa shape index (κ3) is 3.76. The van der Waals surface area contributed by atoms with E-state index in [2.05, 4.69) is 5.32 Å². The van der Waals surface area contributed by atoms with Gasteiger partial charge in [0, 0.05) is 12.0 Å². The monoisotopic (exact) mass is 249 g/mol. The van der Waals surface area contributed by atoms with Crippen LogP contribution in [0.3, 0.4) is 0 Å². The molecule has 1 aromatic rings. The van der Waals surface area contributed by atoms with Crippen molar-refractivity contribution in [3.8, 4) is 5.75 Å². The Morgan fingerprint density at radius 2 is 2.00 bits per heavy atom. The summed E-state index contributed by atoms with van der Waals surface area (Å²) in [5.41, 5.74) is 0.829. The quantitative estimate of drug-likeness (QED) is 0.842. The SMILES string of the molecule is CCC(C)(C)C(=O)NCCc1ccccc1OC. The van der Waals surface area contributed by atoms with Crippen LogP contribution in [0, 0.1) is 5.41 Å². The summed E-state index contributed by atoms with van der Waals surface area (Å²) in [6, 6.07) is 7.89. The van der Waals surface area contributed by atoms with E-state index in [-0.39, 0.29) is 11.3 Å². The van der Waals surface area contributed by atoms with Crippen LogP contribution in [-0.4, -0.2) is 19.6 Å². The highest BCUT2D eigenvalue weighted by Crippen LogP contribution is 2.20. The Labute approximate surface area is 110 Å². The van der Waals surface area contributed by atoms with E-state index < -0.39 is 0 Å². The maximum absolute atomic E-state index is 11.9. The first-order valence-electron chi connectivity index (χ1n) is 6.41.